The second kappa shape index (κ2) is 5.85. The zero-order chi connectivity index (χ0) is 12.3. The van der Waals surface area contributed by atoms with E-state index in [9.17, 15) is 0 Å². The SMILES string of the molecule is Clc1cccc(CBr)c1Oc1cncc(Br)c1. The molecule has 1 aromatic heterocycles. The maximum Gasteiger partial charge on any atom is 0.150 e. The summed E-state index contributed by atoms with van der Waals surface area (Å²) in [5, 5.41) is 1.27. The molecule has 0 bridgehead atoms. The molecule has 5 heteroatoms. The van der Waals surface area contributed by atoms with Crippen molar-refractivity contribution in [3.63, 3.8) is 0 Å². The number of nitrogens with zero attached hydrogens (tertiary/aromatic N) is 1. The van der Waals surface area contributed by atoms with Crippen molar-refractivity contribution in [3.05, 3.63) is 51.7 Å². The third kappa shape index (κ3) is 3.21. The molecule has 0 fully saturated rings. The zero-order valence-electron chi connectivity index (χ0n) is 8.66. The highest BCUT2D eigenvalue weighted by molar-refractivity contribution is 9.10. The molecule has 0 saturated heterocycles. The molecular weight excluding hydrogens is 369 g/mol. The second-order valence-corrected chi connectivity index (χ2v) is 5.19. The molecule has 0 aliphatic rings. The Balaban J connectivity index is 2.35. The molecule has 1 heterocycles. The van der Waals surface area contributed by atoms with Crippen LogP contribution >= 0.6 is 43.5 Å². The maximum absolute atomic E-state index is 6.12. The standard InChI is InChI=1S/C12H8Br2ClNO/c13-5-8-2-1-3-11(15)12(8)17-10-4-9(14)6-16-7-10/h1-4,6-7H,5H2. The Kier molecular flexibility index (Phi) is 4.42. The van der Waals surface area contributed by atoms with Gasteiger partial charge in [0, 0.05) is 21.6 Å². The quantitative estimate of drug-likeness (QED) is 0.687. The highest BCUT2D eigenvalue weighted by Gasteiger charge is 2.09. The highest BCUT2D eigenvalue weighted by Crippen LogP contribution is 2.34. The average Bonchev–Trinajstić information content (AvgIpc) is 2.32. The number of pyridine rings is 1. The van der Waals surface area contributed by atoms with Gasteiger partial charge in [0.05, 0.1) is 11.2 Å². The van der Waals surface area contributed by atoms with Gasteiger partial charge in [0.25, 0.3) is 0 Å². The molecule has 0 aliphatic carbocycles. The van der Waals surface area contributed by atoms with E-state index in [1.165, 1.54) is 0 Å². The third-order valence-electron chi connectivity index (χ3n) is 2.09. The lowest BCUT2D eigenvalue weighted by Gasteiger charge is -2.11. The van der Waals surface area contributed by atoms with E-state index in [1.54, 1.807) is 18.5 Å². The number of benzene rings is 1. The highest BCUT2D eigenvalue weighted by atomic mass is 79.9. The van der Waals surface area contributed by atoms with Crippen molar-refractivity contribution < 1.29 is 4.74 Å². The first-order valence-electron chi connectivity index (χ1n) is 4.82. The van der Waals surface area contributed by atoms with E-state index in [0.717, 1.165) is 10.0 Å². The molecule has 0 amide bonds. The monoisotopic (exact) mass is 375 g/mol. The Labute approximate surface area is 121 Å². The minimum absolute atomic E-state index is 0.585. The van der Waals surface area contributed by atoms with Crippen molar-refractivity contribution in [3.8, 4) is 11.5 Å². The predicted octanol–water partition coefficient (Wildman–Crippen LogP) is 5.18. The number of aromatic nitrogens is 1. The maximum atomic E-state index is 6.12. The molecular formula is C12H8Br2ClNO. The summed E-state index contributed by atoms with van der Waals surface area (Å²) in [5.74, 6) is 1.31. The van der Waals surface area contributed by atoms with Gasteiger partial charge in [0.15, 0.2) is 0 Å². The lowest BCUT2D eigenvalue weighted by Crippen LogP contribution is -1.91. The summed E-state index contributed by atoms with van der Waals surface area (Å²) < 4.78 is 6.62. The average molecular weight is 377 g/mol. The van der Waals surface area contributed by atoms with Crippen molar-refractivity contribution in [2.75, 3.05) is 0 Å². The number of ether oxygens (including phenoxy) is 1. The number of hydrogen-bond donors (Lipinski definition) is 0. The minimum atomic E-state index is 0.585. The molecule has 0 aliphatic heterocycles. The van der Waals surface area contributed by atoms with Crippen LogP contribution in [0.5, 0.6) is 11.5 Å². The largest absolute Gasteiger partial charge is 0.454 e. The van der Waals surface area contributed by atoms with Crippen LogP contribution in [0.25, 0.3) is 0 Å². The molecule has 88 valence electrons. The summed E-state index contributed by atoms with van der Waals surface area (Å²) in [6, 6.07) is 7.50. The van der Waals surface area contributed by atoms with Gasteiger partial charge in [0.1, 0.15) is 11.5 Å². The molecule has 0 N–H and O–H groups in total. The summed E-state index contributed by atoms with van der Waals surface area (Å²) in [4.78, 5) is 4.04. The first kappa shape index (κ1) is 12.9. The van der Waals surface area contributed by atoms with E-state index in [0.29, 0.717) is 21.9 Å². The van der Waals surface area contributed by atoms with Gasteiger partial charge in [-0.1, -0.05) is 39.7 Å². The molecule has 0 saturated carbocycles. The van der Waals surface area contributed by atoms with Gasteiger partial charge in [-0.3, -0.25) is 4.98 Å². The van der Waals surface area contributed by atoms with Crippen molar-refractivity contribution in [1.82, 2.24) is 4.98 Å². The number of hydrogen-bond acceptors (Lipinski definition) is 2. The number of halogens is 3. The van der Waals surface area contributed by atoms with E-state index in [2.05, 4.69) is 36.8 Å². The number of rotatable bonds is 3. The Morgan fingerprint density at radius 1 is 1.29 bits per heavy atom. The van der Waals surface area contributed by atoms with Crippen molar-refractivity contribution in [1.29, 1.82) is 0 Å². The molecule has 17 heavy (non-hydrogen) atoms. The van der Waals surface area contributed by atoms with Crippen LogP contribution in [0.4, 0.5) is 0 Å². The zero-order valence-corrected chi connectivity index (χ0v) is 12.6. The fourth-order valence-electron chi connectivity index (χ4n) is 1.34. The van der Waals surface area contributed by atoms with E-state index in [4.69, 9.17) is 16.3 Å². The first-order chi connectivity index (χ1) is 8.20. The van der Waals surface area contributed by atoms with Crippen molar-refractivity contribution in [2.45, 2.75) is 5.33 Å². The second-order valence-electron chi connectivity index (χ2n) is 3.30. The number of para-hydroxylation sites is 1. The van der Waals surface area contributed by atoms with Crippen LogP contribution in [0.2, 0.25) is 5.02 Å². The van der Waals surface area contributed by atoms with Crippen molar-refractivity contribution in [2.24, 2.45) is 0 Å². The first-order valence-corrected chi connectivity index (χ1v) is 7.11. The van der Waals surface area contributed by atoms with Crippen LogP contribution in [0.1, 0.15) is 5.56 Å². The lowest BCUT2D eigenvalue weighted by atomic mass is 10.2. The molecule has 0 spiro atoms. The topological polar surface area (TPSA) is 22.1 Å². The third-order valence-corrected chi connectivity index (χ3v) is 3.43. The van der Waals surface area contributed by atoms with Crippen LogP contribution < -0.4 is 4.74 Å². The van der Waals surface area contributed by atoms with E-state index < -0.39 is 0 Å². The molecule has 0 radical (unpaired) electrons. The normalized spacial score (nSPS) is 10.3. The van der Waals surface area contributed by atoms with Gasteiger partial charge in [-0.05, 0) is 28.1 Å². The van der Waals surface area contributed by atoms with Crippen molar-refractivity contribution >= 4 is 43.5 Å². The van der Waals surface area contributed by atoms with Crippen LogP contribution in [0.3, 0.4) is 0 Å². The number of alkyl halides is 1. The molecule has 1 aromatic carbocycles. The Bertz CT molecular complexity index is 534. The fraction of sp³-hybridized carbons (Fsp3) is 0.0833. The van der Waals surface area contributed by atoms with Gasteiger partial charge in [-0.2, -0.15) is 0 Å². The van der Waals surface area contributed by atoms with E-state index >= 15 is 0 Å². The summed E-state index contributed by atoms with van der Waals surface area (Å²) in [5.41, 5.74) is 0.998. The Morgan fingerprint density at radius 3 is 2.82 bits per heavy atom. The summed E-state index contributed by atoms with van der Waals surface area (Å²) >= 11 is 12.9. The summed E-state index contributed by atoms with van der Waals surface area (Å²) in [6.45, 7) is 0. The van der Waals surface area contributed by atoms with Gasteiger partial charge in [-0.25, -0.2) is 0 Å². The fourth-order valence-corrected chi connectivity index (χ4v) is 2.36. The molecule has 2 rings (SSSR count). The molecule has 2 nitrogen and oxygen atoms in total. The predicted molar refractivity (Wildman–Crippen MR) is 76.1 cm³/mol. The van der Waals surface area contributed by atoms with Crippen LogP contribution in [0.15, 0.2) is 41.1 Å². The molecule has 2 aromatic rings. The van der Waals surface area contributed by atoms with Gasteiger partial charge in [0.2, 0.25) is 0 Å². The van der Waals surface area contributed by atoms with Crippen LogP contribution in [0, 0.1) is 0 Å². The minimum Gasteiger partial charge on any atom is -0.454 e. The van der Waals surface area contributed by atoms with Gasteiger partial charge >= 0.3 is 0 Å². The van der Waals surface area contributed by atoms with E-state index in [1.807, 2.05) is 18.2 Å². The van der Waals surface area contributed by atoms with Gasteiger partial charge in [-0.15, -0.1) is 0 Å². The summed E-state index contributed by atoms with van der Waals surface area (Å²) in [6.07, 6.45) is 3.34. The lowest BCUT2D eigenvalue weighted by molar-refractivity contribution is 0.476. The smallest absolute Gasteiger partial charge is 0.150 e. The van der Waals surface area contributed by atoms with Crippen LogP contribution in [-0.4, -0.2) is 4.98 Å². The molecule has 0 unspecified atom stereocenters. The van der Waals surface area contributed by atoms with Crippen LogP contribution in [-0.2, 0) is 5.33 Å². The Morgan fingerprint density at radius 2 is 2.12 bits per heavy atom. The molecule has 0 atom stereocenters. The Hall–Kier alpha value is -0.580. The van der Waals surface area contributed by atoms with Gasteiger partial charge < -0.3 is 4.74 Å². The van der Waals surface area contributed by atoms with E-state index in [-0.39, 0.29) is 0 Å². The summed E-state index contributed by atoms with van der Waals surface area (Å²) in [7, 11) is 0.